The third-order valence-electron chi connectivity index (χ3n) is 2.35. The fourth-order valence-corrected chi connectivity index (χ4v) is 2.03. The lowest BCUT2D eigenvalue weighted by Gasteiger charge is -2.18. The molecule has 1 aromatic rings. The number of nitrogens with two attached hydrogens (primary N) is 1. The number of anilines is 2. The molecule has 1 amide bonds. The highest BCUT2D eigenvalue weighted by atomic mass is 32.1. The summed E-state index contributed by atoms with van der Waals surface area (Å²) in [6.07, 6.45) is 0. The molecule has 1 heterocycles. The van der Waals surface area contributed by atoms with Crippen molar-refractivity contribution in [2.75, 3.05) is 30.7 Å². The van der Waals surface area contributed by atoms with Gasteiger partial charge in [-0.2, -0.15) is 9.64 Å². The monoisotopic (exact) mass is 253 g/mol. The molecule has 0 aliphatic rings. The Morgan fingerprint density at radius 3 is 2.76 bits per heavy atom. The van der Waals surface area contributed by atoms with Crippen LogP contribution in [0.2, 0.25) is 0 Å². The Kier molecular flexibility index (Phi) is 4.72. The number of hydrogen-bond acceptors (Lipinski definition) is 6. The fraction of sp³-hybridized carbons (Fsp3) is 0.500. The van der Waals surface area contributed by atoms with Gasteiger partial charge in [0.25, 0.3) is 0 Å². The predicted molar refractivity (Wildman–Crippen MR) is 67.7 cm³/mol. The SMILES string of the molecule is CCN(CC)C(=O)CNc1snc(N)c1C#N. The van der Waals surface area contributed by atoms with Crippen LogP contribution in [0.1, 0.15) is 19.4 Å². The van der Waals surface area contributed by atoms with Gasteiger partial charge in [0.15, 0.2) is 5.82 Å². The molecule has 7 heteroatoms. The minimum absolute atomic E-state index is 0.00846. The number of aromatic nitrogens is 1. The predicted octanol–water partition coefficient (Wildman–Crippen LogP) is 0.877. The maximum absolute atomic E-state index is 11.7. The molecule has 0 aliphatic heterocycles. The van der Waals surface area contributed by atoms with Gasteiger partial charge in [0, 0.05) is 13.1 Å². The summed E-state index contributed by atoms with van der Waals surface area (Å²) in [6.45, 7) is 5.34. The first-order valence-corrected chi connectivity index (χ1v) is 6.08. The van der Waals surface area contributed by atoms with Crippen molar-refractivity contribution in [1.29, 1.82) is 5.26 Å². The molecule has 6 nitrogen and oxygen atoms in total. The van der Waals surface area contributed by atoms with Crippen molar-refractivity contribution >= 4 is 28.3 Å². The molecule has 0 aliphatic carbocycles. The van der Waals surface area contributed by atoms with E-state index in [1.165, 1.54) is 0 Å². The summed E-state index contributed by atoms with van der Waals surface area (Å²) in [5, 5.41) is 12.3. The molecule has 0 spiro atoms. The summed E-state index contributed by atoms with van der Waals surface area (Å²) >= 11 is 1.09. The average molecular weight is 253 g/mol. The van der Waals surface area contributed by atoms with Crippen LogP contribution in [0.5, 0.6) is 0 Å². The first-order chi connectivity index (χ1) is 8.13. The molecule has 0 bridgehead atoms. The second-order valence-corrected chi connectivity index (χ2v) is 4.08. The number of nitriles is 1. The number of amides is 1. The molecule has 0 radical (unpaired) electrons. The van der Waals surface area contributed by atoms with E-state index < -0.39 is 0 Å². The van der Waals surface area contributed by atoms with Crippen molar-refractivity contribution in [1.82, 2.24) is 9.27 Å². The Bertz CT molecular complexity index is 432. The van der Waals surface area contributed by atoms with E-state index in [0.717, 1.165) is 11.5 Å². The molecule has 1 aromatic heterocycles. The van der Waals surface area contributed by atoms with Crippen molar-refractivity contribution < 1.29 is 4.79 Å². The number of carbonyl (C=O) groups excluding carboxylic acids is 1. The molecule has 0 aromatic carbocycles. The quantitative estimate of drug-likeness (QED) is 0.812. The summed E-state index contributed by atoms with van der Waals surface area (Å²) in [7, 11) is 0. The van der Waals surface area contributed by atoms with Crippen LogP contribution in [0.4, 0.5) is 10.8 Å². The van der Waals surface area contributed by atoms with E-state index in [1.54, 1.807) is 4.90 Å². The Morgan fingerprint density at radius 2 is 2.24 bits per heavy atom. The smallest absolute Gasteiger partial charge is 0.241 e. The molecule has 92 valence electrons. The number of rotatable bonds is 5. The summed E-state index contributed by atoms with van der Waals surface area (Å²) in [5.74, 6) is 0.196. The highest BCUT2D eigenvalue weighted by Crippen LogP contribution is 2.25. The number of nitrogens with zero attached hydrogens (tertiary/aromatic N) is 3. The molecular weight excluding hydrogens is 238 g/mol. The van der Waals surface area contributed by atoms with Crippen LogP contribution in [-0.4, -0.2) is 34.8 Å². The minimum Gasteiger partial charge on any atom is -0.382 e. The van der Waals surface area contributed by atoms with Gasteiger partial charge in [-0.05, 0) is 25.4 Å². The molecule has 0 unspecified atom stereocenters. The van der Waals surface area contributed by atoms with Gasteiger partial charge >= 0.3 is 0 Å². The van der Waals surface area contributed by atoms with Gasteiger partial charge in [-0.15, -0.1) is 0 Å². The number of nitrogens with one attached hydrogen (secondary N) is 1. The van der Waals surface area contributed by atoms with Gasteiger partial charge in [0.2, 0.25) is 5.91 Å². The molecule has 0 atom stereocenters. The van der Waals surface area contributed by atoms with Crippen LogP contribution >= 0.6 is 11.5 Å². The average Bonchev–Trinajstić information content (AvgIpc) is 2.68. The van der Waals surface area contributed by atoms with Crippen LogP contribution in [0.25, 0.3) is 0 Å². The van der Waals surface area contributed by atoms with Crippen molar-refractivity contribution in [3.8, 4) is 6.07 Å². The van der Waals surface area contributed by atoms with Crippen LogP contribution in [-0.2, 0) is 4.79 Å². The standard InChI is InChI=1S/C10H15N5OS/c1-3-15(4-2)8(16)6-13-10-7(5-11)9(12)14-17-10/h13H,3-4,6H2,1-2H3,(H2,12,14). The highest BCUT2D eigenvalue weighted by Gasteiger charge is 2.13. The molecule has 17 heavy (non-hydrogen) atoms. The van der Waals surface area contributed by atoms with Crippen LogP contribution < -0.4 is 11.1 Å². The molecular formula is C10H15N5OS. The summed E-state index contributed by atoms with van der Waals surface area (Å²) in [4.78, 5) is 13.4. The lowest BCUT2D eigenvalue weighted by atomic mass is 10.3. The van der Waals surface area contributed by atoms with Crippen LogP contribution in [0, 0.1) is 11.3 Å². The second-order valence-electron chi connectivity index (χ2n) is 3.30. The van der Waals surface area contributed by atoms with E-state index in [1.807, 2.05) is 19.9 Å². The van der Waals surface area contributed by atoms with E-state index in [-0.39, 0.29) is 18.3 Å². The maximum atomic E-state index is 11.7. The molecule has 3 N–H and O–H groups in total. The summed E-state index contributed by atoms with van der Waals surface area (Å²) < 4.78 is 3.86. The summed E-state index contributed by atoms with van der Waals surface area (Å²) in [6, 6.07) is 1.96. The lowest BCUT2D eigenvalue weighted by Crippen LogP contribution is -2.35. The highest BCUT2D eigenvalue weighted by molar-refractivity contribution is 7.10. The van der Waals surface area contributed by atoms with E-state index in [4.69, 9.17) is 11.0 Å². The van der Waals surface area contributed by atoms with Gasteiger partial charge in [0.1, 0.15) is 16.6 Å². The van der Waals surface area contributed by atoms with E-state index in [0.29, 0.717) is 23.7 Å². The van der Waals surface area contributed by atoms with Gasteiger partial charge in [0.05, 0.1) is 6.54 Å². The number of nitrogen functional groups attached to an aromatic ring is 1. The first kappa shape index (κ1) is 13.3. The van der Waals surface area contributed by atoms with Gasteiger partial charge in [-0.1, -0.05) is 0 Å². The molecule has 0 saturated heterocycles. The van der Waals surface area contributed by atoms with Gasteiger partial charge in [-0.3, -0.25) is 4.79 Å². The number of likely N-dealkylation sites (N-methyl/N-ethyl adjacent to an activating group) is 1. The summed E-state index contributed by atoms with van der Waals surface area (Å²) in [5.41, 5.74) is 5.82. The van der Waals surface area contributed by atoms with Gasteiger partial charge < -0.3 is 16.0 Å². The van der Waals surface area contributed by atoms with Crippen molar-refractivity contribution in [3.05, 3.63) is 5.56 Å². The normalized spacial score (nSPS) is 9.71. The van der Waals surface area contributed by atoms with Crippen molar-refractivity contribution in [3.63, 3.8) is 0 Å². The Hall–Kier alpha value is -1.81. The Morgan fingerprint density at radius 1 is 1.59 bits per heavy atom. The topological polar surface area (TPSA) is 95.0 Å². The van der Waals surface area contributed by atoms with Crippen molar-refractivity contribution in [2.45, 2.75) is 13.8 Å². The molecule has 0 saturated carbocycles. The largest absolute Gasteiger partial charge is 0.382 e. The van der Waals surface area contributed by atoms with Crippen LogP contribution in [0.3, 0.4) is 0 Å². The molecule has 0 fully saturated rings. The zero-order chi connectivity index (χ0) is 12.8. The zero-order valence-electron chi connectivity index (χ0n) is 9.86. The van der Waals surface area contributed by atoms with Crippen molar-refractivity contribution in [2.24, 2.45) is 0 Å². The first-order valence-electron chi connectivity index (χ1n) is 5.30. The Balaban J connectivity index is 2.62. The maximum Gasteiger partial charge on any atom is 0.241 e. The van der Waals surface area contributed by atoms with Gasteiger partial charge in [-0.25, -0.2) is 0 Å². The lowest BCUT2D eigenvalue weighted by molar-refractivity contribution is -0.128. The number of carbonyl (C=O) groups is 1. The third-order valence-corrected chi connectivity index (χ3v) is 3.17. The van der Waals surface area contributed by atoms with E-state index in [2.05, 4.69) is 9.69 Å². The van der Waals surface area contributed by atoms with E-state index >= 15 is 0 Å². The number of hydrogen-bond donors (Lipinski definition) is 2. The minimum atomic E-state index is -0.00846. The second kappa shape index (κ2) is 6.06. The van der Waals surface area contributed by atoms with Crippen LogP contribution in [0.15, 0.2) is 0 Å². The zero-order valence-corrected chi connectivity index (χ0v) is 10.7. The van der Waals surface area contributed by atoms with E-state index in [9.17, 15) is 4.79 Å². The Labute approximate surface area is 104 Å². The third kappa shape index (κ3) is 3.07. The molecule has 1 rings (SSSR count). The fourth-order valence-electron chi connectivity index (χ4n) is 1.38.